The van der Waals surface area contributed by atoms with Crippen molar-refractivity contribution in [3.63, 3.8) is 0 Å². The van der Waals surface area contributed by atoms with Crippen LogP contribution in [0.3, 0.4) is 0 Å². The van der Waals surface area contributed by atoms with Gasteiger partial charge in [0.1, 0.15) is 0 Å². The molecule has 1 saturated carbocycles. The normalized spacial score (nSPS) is 22.4. The van der Waals surface area contributed by atoms with Crippen LogP contribution in [-0.4, -0.2) is 19.5 Å². The molecule has 3 heteroatoms. The Morgan fingerprint density at radius 1 is 1.30 bits per heavy atom. The number of hydrogen-bond donors (Lipinski definition) is 2. The van der Waals surface area contributed by atoms with Crippen molar-refractivity contribution < 1.29 is 4.79 Å². The summed E-state index contributed by atoms with van der Waals surface area (Å²) in [5.41, 5.74) is 2.93. The zero-order valence-electron chi connectivity index (χ0n) is 12.8. The first-order chi connectivity index (χ1) is 9.61. The molecule has 1 amide bonds. The second-order valence-electron chi connectivity index (χ2n) is 6.01. The fourth-order valence-electron chi connectivity index (χ4n) is 3.11. The molecule has 2 rings (SSSR count). The number of nitrogens with one attached hydrogen (secondary N) is 2. The molecule has 0 aromatic heterocycles. The molecule has 1 aliphatic carbocycles. The van der Waals surface area contributed by atoms with E-state index in [1.807, 2.05) is 32.2 Å². The van der Waals surface area contributed by atoms with Gasteiger partial charge >= 0.3 is 0 Å². The van der Waals surface area contributed by atoms with Gasteiger partial charge in [0.25, 0.3) is 5.91 Å². The van der Waals surface area contributed by atoms with Crippen molar-refractivity contribution in [1.82, 2.24) is 5.32 Å². The topological polar surface area (TPSA) is 41.1 Å². The summed E-state index contributed by atoms with van der Waals surface area (Å²) in [4.78, 5) is 12.2. The maximum atomic E-state index is 12.2. The van der Waals surface area contributed by atoms with E-state index in [2.05, 4.69) is 17.6 Å². The Labute approximate surface area is 122 Å². The summed E-state index contributed by atoms with van der Waals surface area (Å²) in [6.07, 6.45) is 5.20. The van der Waals surface area contributed by atoms with Crippen LogP contribution < -0.4 is 10.6 Å². The van der Waals surface area contributed by atoms with E-state index < -0.39 is 0 Å². The molecule has 2 N–H and O–H groups in total. The van der Waals surface area contributed by atoms with Crippen molar-refractivity contribution in [2.45, 2.75) is 39.5 Å². The highest BCUT2D eigenvalue weighted by atomic mass is 16.1. The standard InChI is InChI=1S/C17H26N2O/c1-12-6-4-5-7-15(12)11-19-17(20)14-8-9-16(18-3)13(2)10-14/h8-10,12,15,18H,4-7,11H2,1-3H3,(H,19,20). The predicted octanol–water partition coefficient (Wildman–Crippen LogP) is 3.59. The van der Waals surface area contributed by atoms with Crippen molar-refractivity contribution in [1.29, 1.82) is 0 Å². The van der Waals surface area contributed by atoms with Crippen LogP contribution in [0.1, 0.15) is 48.5 Å². The van der Waals surface area contributed by atoms with Gasteiger partial charge in [-0.3, -0.25) is 4.79 Å². The van der Waals surface area contributed by atoms with E-state index in [-0.39, 0.29) is 5.91 Å². The summed E-state index contributed by atoms with van der Waals surface area (Å²) >= 11 is 0. The van der Waals surface area contributed by atoms with Crippen molar-refractivity contribution >= 4 is 11.6 Å². The molecule has 1 aromatic carbocycles. The lowest BCUT2D eigenvalue weighted by Gasteiger charge is -2.28. The summed E-state index contributed by atoms with van der Waals surface area (Å²) in [6, 6.07) is 5.80. The fourth-order valence-corrected chi connectivity index (χ4v) is 3.11. The molecule has 0 spiro atoms. The minimum Gasteiger partial charge on any atom is -0.388 e. The first-order valence-electron chi connectivity index (χ1n) is 7.68. The molecule has 3 nitrogen and oxygen atoms in total. The van der Waals surface area contributed by atoms with Gasteiger partial charge in [0.05, 0.1) is 0 Å². The fraction of sp³-hybridized carbons (Fsp3) is 0.588. The molecule has 2 unspecified atom stereocenters. The first-order valence-corrected chi connectivity index (χ1v) is 7.68. The van der Waals surface area contributed by atoms with Crippen LogP contribution in [0.5, 0.6) is 0 Å². The number of amides is 1. The number of anilines is 1. The summed E-state index contributed by atoms with van der Waals surface area (Å²) in [6.45, 7) is 5.14. The zero-order valence-corrected chi connectivity index (χ0v) is 12.8. The lowest BCUT2D eigenvalue weighted by atomic mass is 9.80. The van der Waals surface area contributed by atoms with Gasteiger partial charge in [-0.1, -0.05) is 26.2 Å². The van der Waals surface area contributed by atoms with Crippen molar-refractivity contribution in [3.05, 3.63) is 29.3 Å². The van der Waals surface area contributed by atoms with Crippen LogP contribution in [0.25, 0.3) is 0 Å². The Morgan fingerprint density at radius 3 is 2.70 bits per heavy atom. The lowest BCUT2D eigenvalue weighted by Crippen LogP contribution is -2.33. The van der Waals surface area contributed by atoms with Crippen LogP contribution in [0.2, 0.25) is 0 Å². The number of aryl methyl sites for hydroxylation is 1. The Morgan fingerprint density at radius 2 is 2.05 bits per heavy atom. The molecule has 1 aliphatic rings. The number of carbonyl (C=O) groups is 1. The average Bonchev–Trinajstić information content (AvgIpc) is 2.46. The van der Waals surface area contributed by atoms with Gasteiger partial charge in [-0.15, -0.1) is 0 Å². The SMILES string of the molecule is CNc1ccc(C(=O)NCC2CCCCC2C)cc1C. The average molecular weight is 274 g/mol. The summed E-state index contributed by atoms with van der Waals surface area (Å²) in [7, 11) is 1.90. The van der Waals surface area contributed by atoms with E-state index in [9.17, 15) is 4.79 Å². The molecule has 110 valence electrons. The maximum absolute atomic E-state index is 12.2. The van der Waals surface area contributed by atoms with E-state index in [4.69, 9.17) is 0 Å². The van der Waals surface area contributed by atoms with Crippen molar-refractivity contribution in [3.8, 4) is 0 Å². The van der Waals surface area contributed by atoms with Crippen molar-refractivity contribution in [2.75, 3.05) is 18.9 Å². The van der Waals surface area contributed by atoms with E-state index in [0.717, 1.165) is 29.3 Å². The summed E-state index contributed by atoms with van der Waals surface area (Å²) in [5, 5.41) is 6.22. The van der Waals surface area contributed by atoms with E-state index in [0.29, 0.717) is 5.92 Å². The molecule has 1 aromatic rings. The van der Waals surface area contributed by atoms with Gasteiger partial charge in [0.15, 0.2) is 0 Å². The molecule has 1 fully saturated rings. The second kappa shape index (κ2) is 6.78. The highest BCUT2D eigenvalue weighted by Gasteiger charge is 2.21. The second-order valence-corrected chi connectivity index (χ2v) is 6.01. The van der Waals surface area contributed by atoms with Crippen LogP contribution >= 0.6 is 0 Å². The van der Waals surface area contributed by atoms with E-state index >= 15 is 0 Å². The van der Waals surface area contributed by atoms with Crippen LogP contribution in [-0.2, 0) is 0 Å². The van der Waals surface area contributed by atoms with Crippen LogP contribution in [0.15, 0.2) is 18.2 Å². The molecule has 0 saturated heterocycles. The van der Waals surface area contributed by atoms with Crippen molar-refractivity contribution in [2.24, 2.45) is 11.8 Å². The molecule has 2 atom stereocenters. The first kappa shape index (κ1) is 14.9. The van der Waals surface area contributed by atoms with Crippen LogP contribution in [0, 0.1) is 18.8 Å². The third-order valence-corrected chi connectivity index (χ3v) is 4.57. The largest absolute Gasteiger partial charge is 0.388 e. The highest BCUT2D eigenvalue weighted by molar-refractivity contribution is 5.94. The third-order valence-electron chi connectivity index (χ3n) is 4.57. The maximum Gasteiger partial charge on any atom is 0.251 e. The Hall–Kier alpha value is -1.51. The van der Waals surface area contributed by atoms with Gasteiger partial charge in [-0.05, 0) is 48.9 Å². The number of carbonyl (C=O) groups excluding carboxylic acids is 1. The van der Waals surface area contributed by atoms with Gasteiger partial charge in [-0.25, -0.2) is 0 Å². The molecule has 20 heavy (non-hydrogen) atoms. The quantitative estimate of drug-likeness (QED) is 0.881. The summed E-state index contributed by atoms with van der Waals surface area (Å²) < 4.78 is 0. The van der Waals surface area contributed by atoms with Crippen LogP contribution in [0.4, 0.5) is 5.69 Å². The Kier molecular flexibility index (Phi) is 5.05. The molecule has 0 aliphatic heterocycles. The minimum absolute atomic E-state index is 0.0496. The lowest BCUT2D eigenvalue weighted by molar-refractivity contribution is 0.0936. The van der Waals surface area contributed by atoms with Gasteiger partial charge in [-0.2, -0.15) is 0 Å². The van der Waals surface area contributed by atoms with Gasteiger partial charge in [0, 0.05) is 24.8 Å². The summed E-state index contributed by atoms with van der Waals surface area (Å²) in [5.74, 6) is 1.43. The Bertz CT molecular complexity index is 470. The monoisotopic (exact) mass is 274 g/mol. The van der Waals surface area contributed by atoms with Gasteiger partial charge in [0.2, 0.25) is 0 Å². The third kappa shape index (κ3) is 3.53. The molecular weight excluding hydrogens is 248 g/mol. The van der Waals surface area contributed by atoms with E-state index in [1.54, 1.807) is 0 Å². The van der Waals surface area contributed by atoms with E-state index in [1.165, 1.54) is 25.7 Å². The number of rotatable bonds is 4. The minimum atomic E-state index is 0.0496. The molecule has 0 heterocycles. The Balaban J connectivity index is 1.93. The smallest absolute Gasteiger partial charge is 0.251 e. The predicted molar refractivity (Wildman–Crippen MR) is 84.2 cm³/mol. The van der Waals surface area contributed by atoms with Gasteiger partial charge < -0.3 is 10.6 Å². The molecule has 0 radical (unpaired) electrons. The highest BCUT2D eigenvalue weighted by Crippen LogP contribution is 2.28. The number of hydrogen-bond acceptors (Lipinski definition) is 2. The number of benzene rings is 1. The molecular formula is C17H26N2O. The molecule has 0 bridgehead atoms. The zero-order chi connectivity index (χ0) is 14.5.